The summed E-state index contributed by atoms with van der Waals surface area (Å²) in [6, 6.07) is 14.8. The number of nitrogen functional groups attached to an aromatic ring is 2. The molecule has 0 amide bonds. The van der Waals surface area contributed by atoms with E-state index in [9.17, 15) is 0 Å². The maximum Gasteiger partial charge on any atom is 0.222 e. The van der Waals surface area contributed by atoms with Gasteiger partial charge in [-0.15, -0.1) is 0 Å². The van der Waals surface area contributed by atoms with Gasteiger partial charge in [0.05, 0.1) is 10.9 Å². The molecule has 0 aliphatic heterocycles. The lowest BCUT2D eigenvalue weighted by Crippen LogP contribution is -2.09. The first-order chi connectivity index (χ1) is 12.7. The Morgan fingerprint density at radius 3 is 2.54 bits per heavy atom. The van der Waals surface area contributed by atoms with E-state index < -0.39 is 0 Å². The van der Waals surface area contributed by atoms with Crippen molar-refractivity contribution in [1.82, 2.24) is 14.5 Å². The molecule has 130 valence electrons. The summed E-state index contributed by atoms with van der Waals surface area (Å²) in [6.07, 6.45) is 4.63. The van der Waals surface area contributed by atoms with Crippen LogP contribution < -0.4 is 11.5 Å². The van der Waals surface area contributed by atoms with Gasteiger partial charge in [-0.05, 0) is 48.9 Å². The van der Waals surface area contributed by atoms with Crippen LogP contribution in [0.1, 0.15) is 29.7 Å². The van der Waals surface area contributed by atoms with Crippen molar-refractivity contribution >= 4 is 33.6 Å². The fourth-order valence-electron chi connectivity index (χ4n) is 4.34. The van der Waals surface area contributed by atoms with Gasteiger partial charge < -0.3 is 16.0 Å². The normalized spacial score (nSPS) is 14.0. The molecule has 2 heterocycles. The number of nitrogens with zero attached hydrogens (tertiary/aromatic N) is 3. The standard InChI is InChI=1S/C21H21N5/c22-20-19-15(24-21(23)25-20)10-11-17-18(19)14-8-4-5-9-16(14)26(17)12-13-6-2-1-3-7-13/h1-3,6-7,10-11H,4-5,8-9,12H2,(H4,22,23,24,25). The summed E-state index contributed by atoms with van der Waals surface area (Å²) in [7, 11) is 0. The summed E-state index contributed by atoms with van der Waals surface area (Å²) in [6.45, 7) is 0.869. The molecular weight excluding hydrogens is 322 g/mol. The monoisotopic (exact) mass is 343 g/mol. The van der Waals surface area contributed by atoms with Crippen molar-refractivity contribution in [3.8, 4) is 0 Å². The van der Waals surface area contributed by atoms with Gasteiger partial charge >= 0.3 is 0 Å². The number of rotatable bonds is 2. The number of anilines is 2. The average Bonchev–Trinajstić information content (AvgIpc) is 2.96. The molecule has 26 heavy (non-hydrogen) atoms. The molecule has 0 radical (unpaired) electrons. The summed E-state index contributed by atoms with van der Waals surface area (Å²) in [5, 5.41) is 2.16. The topological polar surface area (TPSA) is 82.7 Å². The van der Waals surface area contributed by atoms with Crippen LogP contribution in [0.3, 0.4) is 0 Å². The zero-order valence-corrected chi connectivity index (χ0v) is 14.6. The second-order valence-corrected chi connectivity index (χ2v) is 7.02. The summed E-state index contributed by atoms with van der Waals surface area (Å²) in [4.78, 5) is 8.64. The first-order valence-electron chi connectivity index (χ1n) is 9.12. The molecule has 0 fully saturated rings. The Morgan fingerprint density at radius 2 is 1.69 bits per heavy atom. The second kappa shape index (κ2) is 5.73. The Balaban J connectivity index is 1.84. The van der Waals surface area contributed by atoms with Crippen molar-refractivity contribution in [3.05, 3.63) is 59.3 Å². The minimum absolute atomic E-state index is 0.229. The first kappa shape index (κ1) is 15.2. The SMILES string of the molecule is Nc1nc(N)c2c(ccc3c2c2c(n3Cc3ccccc3)CCCC2)n1. The zero-order chi connectivity index (χ0) is 17.7. The lowest BCUT2D eigenvalue weighted by Gasteiger charge is -2.16. The molecule has 1 aliphatic rings. The molecule has 0 bridgehead atoms. The first-order valence-corrected chi connectivity index (χ1v) is 9.12. The number of hydrogen-bond donors (Lipinski definition) is 2. The Hall–Kier alpha value is -3.08. The van der Waals surface area contributed by atoms with E-state index >= 15 is 0 Å². The lowest BCUT2D eigenvalue weighted by atomic mass is 9.94. The smallest absolute Gasteiger partial charge is 0.222 e. The highest BCUT2D eigenvalue weighted by Crippen LogP contribution is 2.38. The van der Waals surface area contributed by atoms with Crippen LogP contribution in [0.15, 0.2) is 42.5 Å². The van der Waals surface area contributed by atoms with Crippen LogP contribution in [0.2, 0.25) is 0 Å². The Labute approximate surface area is 151 Å². The Morgan fingerprint density at radius 1 is 0.885 bits per heavy atom. The van der Waals surface area contributed by atoms with Crippen LogP contribution in [0.4, 0.5) is 11.8 Å². The number of hydrogen-bond acceptors (Lipinski definition) is 4. The van der Waals surface area contributed by atoms with Crippen molar-refractivity contribution in [2.45, 2.75) is 32.2 Å². The Bertz CT molecular complexity index is 1130. The third kappa shape index (κ3) is 2.24. The van der Waals surface area contributed by atoms with E-state index in [0.29, 0.717) is 5.82 Å². The maximum atomic E-state index is 6.28. The highest BCUT2D eigenvalue weighted by molar-refractivity contribution is 6.12. The van der Waals surface area contributed by atoms with Crippen LogP contribution in [-0.4, -0.2) is 14.5 Å². The third-order valence-corrected chi connectivity index (χ3v) is 5.43. The van der Waals surface area contributed by atoms with Crippen molar-refractivity contribution in [3.63, 3.8) is 0 Å². The van der Waals surface area contributed by atoms with Crippen LogP contribution in [0, 0.1) is 0 Å². The van der Waals surface area contributed by atoms with E-state index in [2.05, 4.69) is 50.9 Å². The molecule has 0 unspecified atom stereocenters. The van der Waals surface area contributed by atoms with Crippen LogP contribution in [0.5, 0.6) is 0 Å². The molecule has 2 aromatic carbocycles. The summed E-state index contributed by atoms with van der Waals surface area (Å²) < 4.78 is 2.45. The maximum absolute atomic E-state index is 6.28. The zero-order valence-electron chi connectivity index (χ0n) is 14.6. The molecule has 5 nitrogen and oxygen atoms in total. The van der Waals surface area contributed by atoms with Gasteiger partial charge in [0.1, 0.15) is 5.82 Å². The summed E-state index contributed by atoms with van der Waals surface area (Å²) in [5.41, 5.74) is 18.3. The third-order valence-electron chi connectivity index (χ3n) is 5.43. The van der Waals surface area contributed by atoms with Gasteiger partial charge in [0.2, 0.25) is 5.95 Å². The van der Waals surface area contributed by atoms with Gasteiger partial charge in [0.25, 0.3) is 0 Å². The molecule has 5 heteroatoms. The summed E-state index contributed by atoms with van der Waals surface area (Å²) >= 11 is 0. The number of benzene rings is 2. The van der Waals surface area contributed by atoms with Crippen LogP contribution >= 0.6 is 0 Å². The molecular formula is C21H21N5. The van der Waals surface area contributed by atoms with E-state index in [1.807, 2.05) is 6.07 Å². The Kier molecular flexibility index (Phi) is 3.35. The van der Waals surface area contributed by atoms with Gasteiger partial charge in [-0.3, -0.25) is 0 Å². The van der Waals surface area contributed by atoms with E-state index in [1.54, 1.807) is 0 Å². The van der Waals surface area contributed by atoms with Crippen LogP contribution in [0.25, 0.3) is 21.8 Å². The van der Waals surface area contributed by atoms with Crippen LogP contribution in [-0.2, 0) is 19.4 Å². The van der Waals surface area contributed by atoms with E-state index in [-0.39, 0.29) is 5.95 Å². The van der Waals surface area contributed by atoms with Gasteiger partial charge in [0, 0.05) is 23.1 Å². The van der Waals surface area contributed by atoms with Gasteiger partial charge in [-0.25, -0.2) is 4.98 Å². The van der Waals surface area contributed by atoms with Gasteiger partial charge in [0.15, 0.2) is 0 Å². The largest absolute Gasteiger partial charge is 0.383 e. The molecule has 1 aliphatic carbocycles. The van der Waals surface area contributed by atoms with Crippen molar-refractivity contribution in [1.29, 1.82) is 0 Å². The van der Waals surface area contributed by atoms with Crippen molar-refractivity contribution in [2.24, 2.45) is 0 Å². The summed E-state index contributed by atoms with van der Waals surface area (Å²) in [5.74, 6) is 0.704. The molecule has 4 N–H and O–H groups in total. The average molecular weight is 343 g/mol. The molecule has 4 aromatic rings. The van der Waals surface area contributed by atoms with Crippen molar-refractivity contribution < 1.29 is 0 Å². The van der Waals surface area contributed by atoms with E-state index in [4.69, 9.17) is 11.5 Å². The predicted molar refractivity (Wildman–Crippen MR) is 106 cm³/mol. The highest BCUT2D eigenvalue weighted by atomic mass is 15.0. The molecule has 0 atom stereocenters. The fraction of sp³-hybridized carbons (Fsp3) is 0.238. The number of fused-ring (bicyclic) bond motifs is 5. The molecule has 0 saturated carbocycles. The number of aromatic nitrogens is 3. The molecule has 0 spiro atoms. The number of nitrogens with two attached hydrogens (primary N) is 2. The van der Waals surface area contributed by atoms with Gasteiger partial charge in [-0.2, -0.15) is 4.98 Å². The van der Waals surface area contributed by atoms with Crippen molar-refractivity contribution in [2.75, 3.05) is 11.5 Å². The number of aryl methyl sites for hydroxylation is 1. The lowest BCUT2D eigenvalue weighted by molar-refractivity contribution is 0.638. The minimum atomic E-state index is 0.229. The van der Waals surface area contributed by atoms with Gasteiger partial charge in [-0.1, -0.05) is 30.3 Å². The molecule has 2 aromatic heterocycles. The fourth-order valence-corrected chi connectivity index (χ4v) is 4.34. The predicted octanol–water partition coefficient (Wildman–Crippen LogP) is 3.68. The highest BCUT2D eigenvalue weighted by Gasteiger charge is 2.23. The van der Waals surface area contributed by atoms with E-state index in [0.717, 1.165) is 30.3 Å². The minimum Gasteiger partial charge on any atom is -0.383 e. The molecule has 0 saturated heterocycles. The second-order valence-electron chi connectivity index (χ2n) is 7.02. The molecule has 5 rings (SSSR count). The van der Waals surface area contributed by atoms with E-state index in [1.165, 1.54) is 40.6 Å². The quantitative estimate of drug-likeness (QED) is 0.582.